The van der Waals surface area contributed by atoms with E-state index < -0.39 is 32.0 Å². The number of sulfonamides is 1. The molecule has 4 rings (SSSR count). The van der Waals surface area contributed by atoms with Crippen LogP contribution in [0.4, 0.5) is 24.0 Å². The Labute approximate surface area is 175 Å². The van der Waals surface area contributed by atoms with E-state index in [1.54, 1.807) is 0 Å². The van der Waals surface area contributed by atoms with Crippen LogP contribution in [0.25, 0.3) is 0 Å². The smallest absolute Gasteiger partial charge is 0.283 e. The first-order valence-electron chi connectivity index (χ1n) is 8.96. The van der Waals surface area contributed by atoms with Crippen molar-refractivity contribution < 1.29 is 21.6 Å². The van der Waals surface area contributed by atoms with E-state index in [2.05, 4.69) is 15.2 Å². The maximum absolute atomic E-state index is 14.6. The zero-order valence-corrected chi connectivity index (χ0v) is 17.5. The van der Waals surface area contributed by atoms with Crippen LogP contribution < -0.4 is 9.14 Å². The van der Waals surface area contributed by atoms with Crippen LogP contribution in [0.5, 0.6) is 0 Å². The molecule has 3 heterocycles. The van der Waals surface area contributed by atoms with Crippen LogP contribution in [0, 0.1) is 10.9 Å². The first-order chi connectivity index (χ1) is 13.7. The molecule has 0 radical (unpaired) electrons. The summed E-state index contributed by atoms with van der Waals surface area (Å²) >= 11 is 6.21. The van der Waals surface area contributed by atoms with Gasteiger partial charge in [0.2, 0.25) is 5.13 Å². The molecule has 2 aliphatic rings. The average Bonchev–Trinajstić information content (AvgIpc) is 3.33. The number of halogens is 4. The van der Waals surface area contributed by atoms with Gasteiger partial charge in [0.25, 0.3) is 10.0 Å². The van der Waals surface area contributed by atoms with Crippen LogP contribution in [0.2, 0.25) is 0 Å². The van der Waals surface area contributed by atoms with E-state index in [1.165, 1.54) is 6.07 Å². The fraction of sp³-hybridized carbons (Fsp3) is 0.471. The molecule has 2 aliphatic heterocycles. The number of nitrogens with zero attached hydrogens (tertiary/aromatic N) is 3. The monoisotopic (exact) mass is 466 g/mol. The van der Waals surface area contributed by atoms with Gasteiger partial charge in [0.1, 0.15) is 16.9 Å². The minimum atomic E-state index is -4.46. The Morgan fingerprint density at radius 1 is 1.41 bits per heavy atom. The fourth-order valence-electron chi connectivity index (χ4n) is 4.10. The SMILES string of the molecule is O=S(=O)(c1ccc(NCC23CCCN2CC(F)C3)cc1F)N(Cl)c1ncc(F)s1. The van der Waals surface area contributed by atoms with Gasteiger partial charge in [-0.15, -0.1) is 3.82 Å². The number of anilines is 2. The second-order valence-electron chi connectivity index (χ2n) is 7.24. The molecule has 2 unspecified atom stereocenters. The summed E-state index contributed by atoms with van der Waals surface area (Å²) in [4.78, 5) is 5.02. The molecule has 0 aliphatic carbocycles. The highest BCUT2D eigenvalue weighted by Gasteiger charge is 2.48. The number of thiazole rings is 1. The van der Waals surface area contributed by atoms with Crippen molar-refractivity contribution in [3.8, 4) is 0 Å². The normalized spacial score (nSPS) is 24.6. The van der Waals surface area contributed by atoms with Crippen LogP contribution in [0.3, 0.4) is 0 Å². The van der Waals surface area contributed by atoms with Gasteiger partial charge in [0.15, 0.2) is 5.13 Å². The number of aromatic nitrogens is 1. The van der Waals surface area contributed by atoms with Crippen molar-refractivity contribution in [2.75, 3.05) is 28.8 Å². The zero-order valence-electron chi connectivity index (χ0n) is 15.1. The quantitative estimate of drug-likeness (QED) is 0.657. The lowest BCUT2D eigenvalue weighted by molar-refractivity contribution is 0.209. The molecule has 2 saturated heterocycles. The van der Waals surface area contributed by atoms with Crippen LogP contribution >= 0.6 is 23.1 Å². The van der Waals surface area contributed by atoms with E-state index in [4.69, 9.17) is 11.8 Å². The highest BCUT2D eigenvalue weighted by molar-refractivity contribution is 7.94. The van der Waals surface area contributed by atoms with Gasteiger partial charge in [-0.25, -0.2) is 13.8 Å². The van der Waals surface area contributed by atoms with Crippen molar-refractivity contribution in [2.24, 2.45) is 0 Å². The van der Waals surface area contributed by atoms with Gasteiger partial charge in [-0.2, -0.15) is 12.8 Å². The first kappa shape index (κ1) is 20.7. The second kappa shape index (κ2) is 7.60. The van der Waals surface area contributed by atoms with Crippen LogP contribution in [-0.2, 0) is 10.0 Å². The number of rotatable bonds is 6. The summed E-state index contributed by atoms with van der Waals surface area (Å²) in [6.45, 7) is 1.70. The lowest BCUT2D eigenvalue weighted by Gasteiger charge is -2.32. The summed E-state index contributed by atoms with van der Waals surface area (Å²) in [5.41, 5.74) is 0.0917. The van der Waals surface area contributed by atoms with Crippen molar-refractivity contribution in [1.29, 1.82) is 0 Å². The molecular formula is C17H18ClF3N4O2S2. The van der Waals surface area contributed by atoms with E-state index >= 15 is 0 Å². The van der Waals surface area contributed by atoms with Gasteiger partial charge in [-0.3, -0.25) is 4.90 Å². The molecule has 0 bridgehead atoms. The Hall–Kier alpha value is -1.56. The molecule has 12 heteroatoms. The zero-order chi connectivity index (χ0) is 20.8. The maximum Gasteiger partial charge on any atom is 0.283 e. The topological polar surface area (TPSA) is 65.5 Å². The largest absolute Gasteiger partial charge is 0.383 e. The first-order valence-corrected chi connectivity index (χ1v) is 11.6. The van der Waals surface area contributed by atoms with E-state index in [1.807, 2.05) is 0 Å². The molecular weight excluding hydrogens is 449 g/mol. The lowest BCUT2D eigenvalue weighted by Crippen LogP contribution is -2.44. The van der Waals surface area contributed by atoms with Gasteiger partial charge >= 0.3 is 0 Å². The summed E-state index contributed by atoms with van der Waals surface area (Å²) in [5, 5.41) is 2.06. The molecule has 158 valence electrons. The van der Waals surface area contributed by atoms with Gasteiger partial charge < -0.3 is 5.32 Å². The standard InChI is InChI=1S/C17H18ClF3N4O2S2/c18-25(16-22-8-15(21)28-16)29(26,27)14-3-2-12(6-13(14)20)23-10-17-4-1-5-24(17)9-11(19)7-17/h2-3,6,8,11,23H,1,4-5,7,9-10H2. The van der Waals surface area contributed by atoms with Gasteiger partial charge in [-0.05, 0) is 44.0 Å². The molecule has 29 heavy (non-hydrogen) atoms. The summed E-state index contributed by atoms with van der Waals surface area (Å²) in [6.07, 6.45) is 2.24. The van der Waals surface area contributed by atoms with Crippen molar-refractivity contribution >= 4 is 44.0 Å². The molecule has 6 nitrogen and oxygen atoms in total. The molecule has 2 atom stereocenters. The van der Waals surface area contributed by atoms with Crippen LogP contribution in [0.1, 0.15) is 19.3 Å². The van der Waals surface area contributed by atoms with E-state index in [0.717, 1.165) is 37.7 Å². The Morgan fingerprint density at radius 2 is 2.21 bits per heavy atom. The molecule has 1 N–H and O–H groups in total. The summed E-state index contributed by atoms with van der Waals surface area (Å²) in [5.74, 6) is -1.01. The number of hydrogen-bond acceptors (Lipinski definition) is 6. The van der Waals surface area contributed by atoms with Crippen molar-refractivity contribution in [3.63, 3.8) is 0 Å². The van der Waals surface area contributed by atoms with Gasteiger partial charge in [0.05, 0.1) is 6.20 Å². The van der Waals surface area contributed by atoms with E-state index in [9.17, 15) is 21.6 Å². The van der Waals surface area contributed by atoms with Crippen LogP contribution in [-0.4, -0.2) is 49.6 Å². The Morgan fingerprint density at radius 3 is 2.90 bits per heavy atom. The molecule has 0 amide bonds. The van der Waals surface area contributed by atoms with Crippen molar-refractivity contribution in [3.05, 3.63) is 35.3 Å². The number of alkyl halides is 1. The molecule has 1 aromatic carbocycles. The van der Waals surface area contributed by atoms with Crippen molar-refractivity contribution in [1.82, 2.24) is 9.88 Å². The molecule has 2 aromatic rings. The minimum absolute atomic E-state index is 0.224. The number of fused-ring (bicyclic) bond motifs is 1. The third-order valence-electron chi connectivity index (χ3n) is 5.42. The van der Waals surface area contributed by atoms with Crippen molar-refractivity contribution in [2.45, 2.75) is 35.9 Å². The number of hydrogen-bond donors (Lipinski definition) is 1. The maximum atomic E-state index is 14.6. The minimum Gasteiger partial charge on any atom is -0.383 e. The number of nitrogens with one attached hydrogen (secondary N) is 1. The lowest BCUT2D eigenvalue weighted by atomic mass is 9.93. The Bertz CT molecular complexity index is 1020. The third-order valence-corrected chi connectivity index (χ3v) is 8.59. The Balaban J connectivity index is 1.51. The predicted octanol–water partition coefficient (Wildman–Crippen LogP) is 3.76. The van der Waals surface area contributed by atoms with E-state index in [0.29, 0.717) is 36.5 Å². The van der Waals surface area contributed by atoms with Gasteiger partial charge in [-0.1, -0.05) is 11.3 Å². The summed E-state index contributed by atoms with van der Waals surface area (Å²) < 4.78 is 66.9. The molecule has 2 fully saturated rings. The summed E-state index contributed by atoms with van der Waals surface area (Å²) in [7, 11) is -4.46. The number of benzene rings is 1. The fourth-order valence-corrected chi connectivity index (χ4v) is 6.31. The highest BCUT2D eigenvalue weighted by atomic mass is 35.5. The molecule has 0 saturated carbocycles. The predicted molar refractivity (Wildman–Crippen MR) is 106 cm³/mol. The van der Waals surface area contributed by atoms with Crippen LogP contribution in [0.15, 0.2) is 29.3 Å². The second-order valence-corrected chi connectivity index (χ2v) is 10.5. The van der Waals surface area contributed by atoms with Gasteiger partial charge in [0, 0.05) is 36.1 Å². The highest BCUT2D eigenvalue weighted by Crippen LogP contribution is 2.40. The Kier molecular flexibility index (Phi) is 5.43. The van der Waals surface area contributed by atoms with E-state index in [-0.39, 0.29) is 14.5 Å². The third kappa shape index (κ3) is 3.80. The molecule has 1 aromatic heterocycles. The molecule has 0 spiro atoms. The average molecular weight is 467 g/mol. The summed E-state index contributed by atoms with van der Waals surface area (Å²) in [6, 6.07) is 3.56.